The average molecular weight is 463 g/mol. The molecule has 4 rings (SSSR count). The van der Waals surface area contributed by atoms with Crippen molar-refractivity contribution in [2.24, 2.45) is 0 Å². The van der Waals surface area contributed by atoms with E-state index in [1.54, 1.807) is 66.4 Å². The number of hydrogen-bond acceptors (Lipinski definition) is 4. The highest BCUT2D eigenvalue weighted by Crippen LogP contribution is 2.23. The molecule has 3 aromatic rings. The lowest BCUT2D eigenvalue weighted by atomic mass is 9.97. The number of piperazine rings is 1. The zero-order valence-electron chi connectivity index (χ0n) is 18.7. The van der Waals surface area contributed by atoms with E-state index in [1.165, 1.54) is 4.31 Å². The maximum absolute atomic E-state index is 13.3. The van der Waals surface area contributed by atoms with Crippen molar-refractivity contribution in [3.63, 3.8) is 0 Å². The smallest absolute Gasteiger partial charge is 0.254 e. The van der Waals surface area contributed by atoms with Gasteiger partial charge in [0, 0.05) is 37.3 Å². The van der Waals surface area contributed by atoms with Crippen LogP contribution in [0.15, 0.2) is 77.7 Å². The summed E-state index contributed by atoms with van der Waals surface area (Å²) >= 11 is 0. The molecule has 0 radical (unpaired) electrons. The highest BCUT2D eigenvalue weighted by Gasteiger charge is 2.32. The average Bonchev–Trinajstić information content (AvgIpc) is 2.85. The van der Waals surface area contributed by atoms with Crippen molar-refractivity contribution >= 4 is 21.7 Å². The Balaban J connectivity index is 1.52. The van der Waals surface area contributed by atoms with Gasteiger partial charge in [-0.3, -0.25) is 9.59 Å². The van der Waals surface area contributed by atoms with Crippen LogP contribution in [0.3, 0.4) is 0 Å². The molecule has 0 bridgehead atoms. The van der Waals surface area contributed by atoms with Crippen LogP contribution in [0.1, 0.15) is 37.4 Å². The van der Waals surface area contributed by atoms with Gasteiger partial charge in [0.2, 0.25) is 10.0 Å². The third-order valence-electron chi connectivity index (χ3n) is 5.93. The number of sulfonamides is 1. The van der Waals surface area contributed by atoms with Crippen LogP contribution in [0.5, 0.6) is 0 Å². The minimum atomic E-state index is -3.65. The molecule has 6 nitrogen and oxygen atoms in total. The predicted molar refractivity (Wildman–Crippen MR) is 127 cm³/mol. The first-order valence-electron chi connectivity index (χ1n) is 10.8. The van der Waals surface area contributed by atoms with E-state index in [2.05, 4.69) is 0 Å². The quantitative estimate of drug-likeness (QED) is 0.542. The van der Waals surface area contributed by atoms with Crippen LogP contribution in [0.4, 0.5) is 0 Å². The Morgan fingerprint density at radius 1 is 0.758 bits per heavy atom. The fraction of sp³-hybridized carbons (Fsp3) is 0.231. The van der Waals surface area contributed by atoms with E-state index >= 15 is 0 Å². The number of aryl methyl sites for hydroxylation is 2. The van der Waals surface area contributed by atoms with E-state index in [9.17, 15) is 18.0 Å². The van der Waals surface area contributed by atoms with Gasteiger partial charge < -0.3 is 4.90 Å². The van der Waals surface area contributed by atoms with Gasteiger partial charge in [-0.1, -0.05) is 60.7 Å². The molecule has 0 N–H and O–H groups in total. The largest absolute Gasteiger partial charge is 0.336 e. The Morgan fingerprint density at radius 3 is 2.03 bits per heavy atom. The normalized spacial score (nSPS) is 14.8. The lowest BCUT2D eigenvalue weighted by Crippen LogP contribution is -2.50. The van der Waals surface area contributed by atoms with Gasteiger partial charge in [0.15, 0.2) is 5.78 Å². The summed E-state index contributed by atoms with van der Waals surface area (Å²) in [5, 5.41) is 0. The summed E-state index contributed by atoms with van der Waals surface area (Å²) in [4.78, 5) is 28.2. The molecule has 170 valence electrons. The van der Waals surface area contributed by atoms with Gasteiger partial charge in [-0.15, -0.1) is 0 Å². The maximum Gasteiger partial charge on any atom is 0.254 e. The van der Waals surface area contributed by atoms with Crippen LogP contribution in [-0.4, -0.2) is 55.5 Å². The molecule has 1 amide bonds. The Hall–Kier alpha value is -3.29. The molecule has 0 atom stereocenters. The van der Waals surface area contributed by atoms with Gasteiger partial charge in [-0.25, -0.2) is 8.42 Å². The molecule has 1 aliphatic heterocycles. The second-order valence-electron chi connectivity index (χ2n) is 8.21. The van der Waals surface area contributed by atoms with Crippen LogP contribution >= 0.6 is 0 Å². The van der Waals surface area contributed by atoms with E-state index in [0.29, 0.717) is 27.1 Å². The number of benzene rings is 3. The van der Waals surface area contributed by atoms with Crippen molar-refractivity contribution in [2.75, 3.05) is 26.2 Å². The first-order valence-corrected chi connectivity index (χ1v) is 12.3. The van der Waals surface area contributed by atoms with Crippen LogP contribution in [0.25, 0.3) is 0 Å². The van der Waals surface area contributed by atoms with Crippen LogP contribution in [-0.2, 0) is 10.0 Å². The summed E-state index contributed by atoms with van der Waals surface area (Å²) in [6, 6.07) is 21.0. The van der Waals surface area contributed by atoms with E-state index in [0.717, 1.165) is 5.56 Å². The van der Waals surface area contributed by atoms with Gasteiger partial charge >= 0.3 is 0 Å². The molecule has 1 aliphatic rings. The molecule has 1 saturated heterocycles. The topological polar surface area (TPSA) is 74.8 Å². The Bertz CT molecular complexity index is 1290. The standard InChI is InChI=1S/C26H26N2O4S/c1-19-12-13-20(2)24(18-19)33(31,32)28-16-14-27(15-17-28)26(30)23-11-7-6-10-22(23)25(29)21-8-4-3-5-9-21/h3-13,18H,14-17H2,1-2H3. The molecule has 0 aromatic heterocycles. The Labute approximate surface area is 194 Å². The van der Waals surface area contributed by atoms with Crippen molar-refractivity contribution in [2.45, 2.75) is 18.7 Å². The van der Waals surface area contributed by atoms with Crippen LogP contribution in [0, 0.1) is 13.8 Å². The summed E-state index contributed by atoms with van der Waals surface area (Å²) in [5.41, 5.74) is 2.78. The molecule has 0 spiro atoms. The monoisotopic (exact) mass is 462 g/mol. The van der Waals surface area contributed by atoms with Gasteiger partial charge in [0.25, 0.3) is 5.91 Å². The molecule has 0 aliphatic carbocycles. The number of carbonyl (C=O) groups excluding carboxylic acids is 2. The Kier molecular flexibility index (Phi) is 6.44. The highest BCUT2D eigenvalue weighted by atomic mass is 32.2. The summed E-state index contributed by atoms with van der Waals surface area (Å²) < 4.78 is 27.8. The van der Waals surface area contributed by atoms with Crippen molar-refractivity contribution in [3.05, 3.63) is 101 Å². The predicted octanol–water partition coefficient (Wildman–Crippen LogP) is 3.68. The van der Waals surface area contributed by atoms with Crippen molar-refractivity contribution in [1.29, 1.82) is 0 Å². The van der Waals surface area contributed by atoms with Gasteiger partial charge in [0.05, 0.1) is 10.5 Å². The minimum absolute atomic E-state index is 0.205. The minimum Gasteiger partial charge on any atom is -0.336 e. The molecule has 1 heterocycles. The maximum atomic E-state index is 13.3. The van der Waals surface area contributed by atoms with E-state index in [1.807, 2.05) is 25.1 Å². The summed E-state index contributed by atoms with van der Waals surface area (Å²) in [6.07, 6.45) is 0. The lowest BCUT2D eigenvalue weighted by molar-refractivity contribution is 0.0694. The van der Waals surface area contributed by atoms with Gasteiger partial charge in [-0.05, 0) is 37.1 Å². The zero-order chi connectivity index (χ0) is 23.6. The zero-order valence-corrected chi connectivity index (χ0v) is 19.5. The summed E-state index contributed by atoms with van der Waals surface area (Å²) in [5.74, 6) is -0.477. The van der Waals surface area contributed by atoms with Crippen LogP contribution < -0.4 is 0 Å². The molecule has 7 heteroatoms. The first kappa shape index (κ1) is 22.9. The Morgan fingerprint density at radius 2 is 1.36 bits per heavy atom. The number of carbonyl (C=O) groups is 2. The van der Waals surface area contributed by atoms with E-state index < -0.39 is 10.0 Å². The molecule has 0 unspecified atom stereocenters. The number of nitrogens with zero attached hydrogens (tertiary/aromatic N) is 2. The molecule has 0 saturated carbocycles. The third kappa shape index (κ3) is 4.60. The van der Waals surface area contributed by atoms with Gasteiger partial charge in [-0.2, -0.15) is 4.31 Å². The molecule has 33 heavy (non-hydrogen) atoms. The molecule has 3 aromatic carbocycles. The van der Waals surface area contributed by atoms with E-state index in [-0.39, 0.29) is 37.9 Å². The lowest BCUT2D eigenvalue weighted by Gasteiger charge is -2.34. The third-order valence-corrected chi connectivity index (χ3v) is 7.97. The van der Waals surface area contributed by atoms with Crippen molar-refractivity contribution < 1.29 is 18.0 Å². The highest BCUT2D eigenvalue weighted by molar-refractivity contribution is 7.89. The summed E-state index contributed by atoms with van der Waals surface area (Å²) in [7, 11) is -3.65. The fourth-order valence-electron chi connectivity index (χ4n) is 4.04. The number of ketones is 1. The first-order chi connectivity index (χ1) is 15.8. The molecule has 1 fully saturated rings. The molecular formula is C26H26N2O4S. The number of hydrogen-bond donors (Lipinski definition) is 0. The SMILES string of the molecule is Cc1ccc(C)c(S(=O)(=O)N2CCN(C(=O)c3ccccc3C(=O)c3ccccc3)CC2)c1. The number of amides is 1. The van der Waals surface area contributed by atoms with Crippen LogP contribution in [0.2, 0.25) is 0 Å². The van der Waals surface area contributed by atoms with Gasteiger partial charge in [0.1, 0.15) is 0 Å². The van der Waals surface area contributed by atoms with Crippen molar-refractivity contribution in [1.82, 2.24) is 9.21 Å². The number of rotatable bonds is 5. The second kappa shape index (κ2) is 9.29. The second-order valence-corrected chi connectivity index (χ2v) is 10.1. The van der Waals surface area contributed by atoms with Crippen molar-refractivity contribution in [3.8, 4) is 0 Å². The summed E-state index contributed by atoms with van der Waals surface area (Å²) in [6.45, 7) is 4.58. The molecular weight excluding hydrogens is 436 g/mol. The fourth-order valence-corrected chi connectivity index (χ4v) is 5.77. The van der Waals surface area contributed by atoms with E-state index in [4.69, 9.17) is 0 Å².